The zero-order chi connectivity index (χ0) is 24.8. The molecule has 0 saturated carbocycles. The summed E-state index contributed by atoms with van der Waals surface area (Å²) in [5.74, 6) is -0.807. The van der Waals surface area contributed by atoms with Crippen LogP contribution < -0.4 is 15.4 Å². The van der Waals surface area contributed by atoms with Gasteiger partial charge in [-0.2, -0.15) is 0 Å². The summed E-state index contributed by atoms with van der Waals surface area (Å²) in [4.78, 5) is 37.4. The second kappa shape index (κ2) is 10.9. The first-order chi connectivity index (χ1) is 16.2. The highest BCUT2D eigenvalue weighted by Gasteiger charge is 2.17. The van der Waals surface area contributed by atoms with E-state index < -0.39 is 11.9 Å². The van der Waals surface area contributed by atoms with E-state index in [1.807, 2.05) is 13.8 Å². The summed E-state index contributed by atoms with van der Waals surface area (Å²) in [7, 11) is 1.27. The fourth-order valence-electron chi connectivity index (χ4n) is 3.41. The molecule has 0 bridgehead atoms. The van der Waals surface area contributed by atoms with Gasteiger partial charge in [-0.25, -0.2) is 4.79 Å². The highest BCUT2D eigenvalue weighted by atomic mass is 35.5. The number of carbonyl (C=O) groups excluding carboxylic acids is 3. The van der Waals surface area contributed by atoms with Crippen molar-refractivity contribution in [3.8, 4) is 5.75 Å². The molecule has 0 aliphatic rings. The van der Waals surface area contributed by atoms with Crippen molar-refractivity contribution in [2.75, 3.05) is 24.4 Å². The van der Waals surface area contributed by atoms with E-state index in [1.165, 1.54) is 7.11 Å². The molecular formula is C26H25ClN2O5. The molecule has 0 heterocycles. The van der Waals surface area contributed by atoms with Crippen LogP contribution in [0.4, 0.5) is 11.4 Å². The van der Waals surface area contributed by atoms with Gasteiger partial charge in [0.15, 0.2) is 6.61 Å². The lowest BCUT2D eigenvalue weighted by atomic mass is 10.1. The minimum atomic E-state index is -0.556. The lowest BCUT2D eigenvalue weighted by Crippen LogP contribution is -2.22. The third-order valence-electron chi connectivity index (χ3n) is 5.21. The number of nitrogens with one attached hydrogen (secondary N) is 2. The van der Waals surface area contributed by atoms with Gasteiger partial charge in [-0.05, 0) is 73.9 Å². The fraction of sp³-hybridized carbons (Fsp3) is 0.192. The Labute approximate surface area is 203 Å². The SMILES string of the molecule is COC(=O)c1ccccc1NC(=O)c1cccc(NC(=O)COc2cc(C)c(Cl)c(C)c2)c1C. The van der Waals surface area contributed by atoms with Crippen LogP contribution in [0.2, 0.25) is 5.02 Å². The molecule has 2 amide bonds. The van der Waals surface area contributed by atoms with Crippen molar-refractivity contribution in [2.45, 2.75) is 20.8 Å². The van der Waals surface area contributed by atoms with Crippen molar-refractivity contribution >= 4 is 40.8 Å². The smallest absolute Gasteiger partial charge is 0.339 e. The van der Waals surface area contributed by atoms with E-state index >= 15 is 0 Å². The van der Waals surface area contributed by atoms with Crippen LogP contribution in [0.5, 0.6) is 5.75 Å². The van der Waals surface area contributed by atoms with Gasteiger partial charge in [0, 0.05) is 16.3 Å². The topological polar surface area (TPSA) is 93.7 Å². The average molecular weight is 481 g/mol. The molecule has 0 aromatic heterocycles. The molecule has 0 saturated heterocycles. The first-order valence-electron chi connectivity index (χ1n) is 10.5. The number of aryl methyl sites for hydroxylation is 2. The molecule has 0 unspecified atom stereocenters. The number of para-hydroxylation sites is 1. The largest absolute Gasteiger partial charge is 0.484 e. The molecule has 0 atom stereocenters. The Morgan fingerprint density at radius 3 is 2.15 bits per heavy atom. The number of esters is 1. The van der Waals surface area contributed by atoms with E-state index in [0.29, 0.717) is 33.3 Å². The summed E-state index contributed by atoms with van der Waals surface area (Å²) in [5, 5.41) is 6.18. The van der Waals surface area contributed by atoms with E-state index in [2.05, 4.69) is 10.6 Å². The van der Waals surface area contributed by atoms with Gasteiger partial charge in [-0.3, -0.25) is 9.59 Å². The first-order valence-corrected chi connectivity index (χ1v) is 10.9. The zero-order valence-corrected chi connectivity index (χ0v) is 20.1. The van der Waals surface area contributed by atoms with Crippen molar-refractivity contribution < 1.29 is 23.9 Å². The Morgan fingerprint density at radius 1 is 0.853 bits per heavy atom. The Kier molecular flexibility index (Phi) is 7.91. The van der Waals surface area contributed by atoms with Crippen molar-refractivity contribution in [1.82, 2.24) is 0 Å². The standard InChI is InChI=1S/C26H25ClN2O5/c1-15-12-18(13-16(2)24(15)27)34-14-23(30)28-21-11-7-9-19(17(21)3)25(31)29-22-10-6-5-8-20(22)26(32)33-4/h5-13H,14H2,1-4H3,(H,28,30)(H,29,31). The van der Waals surface area contributed by atoms with E-state index in [9.17, 15) is 14.4 Å². The van der Waals surface area contributed by atoms with Gasteiger partial charge in [0.05, 0.1) is 18.4 Å². The molecule has 3 aromatic carbocycles. The minimum absolute atomic E-state index is 0.205. The number of anilines is 2. The Bertz CT molecular complexity index is 1230. The maximum Gasteiger partial charge on any atom is 0.339 e. The van der Waals surface area contributed by atoms with Crippen LogP contribution in [0.25, 0.3) is 0 Å². The summed E-state index contributed by atoms with van der Waals surface area (Å²) < 4.78 is 10.4. The van der Waals surface area contributed by atoms with Crippen LogP contribution in [0, 0.1) is 20.8 Å². The highest BCUT2D eigenvalue weighted by molar-refractivity contribution is 6.32. The molecule has 0 radical (unpaired) electrons. The quantitative estimate of drug-likeness (QED) is 0.446. The third-order valence-corrected chi connectivity index (χ3v) is 5.81. The number of benzene rings is 3. The number of rotatable bonds is 7. The lowest BCUT2D eigenvalue weighted by molar-refractivity contribution is -0.118. The van der Waals surface area contributed by atoms with E-state index in [-0.39, 0.29) is 18.1 Å². The molecule has 0 fully saturated rings. The maximum absolute atomic E-state index is 12.9. The van der Waals surface area contributed by atoms with Crippen LogP contribution in [0.3, 0.4) is 0 Å². The number of carbonyl (C=O) groups is 3. The molecule has 2 N–H and O–H groups in total. The number of hydrogen-bond acceptors (Lipinski definition) is 5. The van der Waals surface area contributed by atoms with E-state index in [4.69, 9.17) is 21.1 Å². The molecule has 3 aromatic rings. The Morgan fingerprint density at radius 2 is 1.47 bits per heavy atom. The molecule has 0 spiro atoms. The molecule has 3 rings (SSSR count). The fourth-order valence-corrected chi connectivity index (χ4v) is 3.52. The molecule has 8 heteroatoms. The van der Waals surface area contributed by atoms with Crippen LogP contribution in [0.1, 0.15) is 37.4 Å². The van der Waals surface area contributed by atoms with Crippen LogP contribution in [-0.2, 0) is 9.53 Å². The highest BCUT2D eigenvalue weighted by Crippen LogP contribution is 2.26. The van der Waals surface area contributed by atoms with E-state index in [1.54, 1.807) is 61.5 Å². The molecule has 34 heavy (non-hydrogen) atoms. The predicted octanol–water partition coefficient (Wildman–Crippen LogP) is 5.32. The van der Waals surface area contributed by atoms with Crippen molar-refractivity contribution in [1.29, 1.82) is 0 Å². The number of methoxy groups -OCH3 is 1. The summed E-state index contributed by atoms with van der Waals surface area (Å²) >= 11 is 6.17. The molecular weight excluding hydrogens is 456 g/mol. The number of hydrogen-bond donors (Lipinski definition) is 2. The normalized spacial score (nSPS) is 10.4. The van der Waals surface area contributed by atoms with Gasteiger partial charge in [-0.15, -0.1) is 0 Å². The van der Waals surface area contributed by atoms with Gasteiger partial charge in [0.25, 0.3) is 11.8 Å². The molecule has 0 aliphatic carbocycles. The molecule has 0 aliphatic heterocycles. The molecule has 176 valence electrons. The van der Waals surface area contributed by atoms with Crippen LogP contribution >= 0.6 is 11.6 Å². The number of ether oxygens (including phenoxy) is 2. The number of halogens is 1. The van der Waals surface area contributed by atoms with Crippen molar-refractivity contribution in [3.63, 3.8) is 0 Å². The Balaban J connectivity index is 1.71. The monoisotopic (exact) mass is 480 g/mol. The zero-order valence-electron chi connectivity index (χ0n) is 19.3. The van der Waals surface area contributed by atoms with Crippen LogP contribution in [-0.4, -0.2) is 31.5 Å². The van der Waals surface area contributed by atoms with Gasteiger partial charge >= 0.3 is 5.97 Å². The summed E-state index contributed by atoms with van der Waals surface area (Å²) in [5.41, 5.74) is 3.69. The number of amides is 2. The summed E-state index contributed by atoms with van der Waals surface area (Å²) in [6, 6.07) is 15.1. The van der Waals surface area contributed by atoms with Crippen molar-refractivity contribution in [2.24, 2.45) is 0 Å². The maximum atomic E-state index is 12.9. The van der Waals surface area contributed by atoms with E-state index in [0.717, 1.165) is 11.1 Å². The lowest BCUT2D eigenvalue weighted by Gasteiger charge is -2.14. The minimum Gasteiger partial charge on any atom is -0.484 e. The predicted molar refractivity (Wildman–Crippen MR) is 132 cm³/mol. The second-order valence-electron chi connectivity index (χ2n) is 7.68. The van der Waals surface area contributed by atoms with Gasteiger partial charge < -0.3 is 20.1 Å². The van der Waals surface area contributed by atoms with Crippen LogP contribution in [0.15, 0.2) is 54.6 Å². The molecule has 7 nitrogen and oxygen atoms in total. The third kappa shape index (κ3) is 5.74. The van der Waals surface area contributed by atoms with Gasteiger partial charge in [0.1, 0.15) is 5.75 Å². The van der Waals surface area contributed by atoms with Crippen molar-refractivity contribution in [3.05, 3.63) is 87.4 Å². The first kappa shape index (κ1) is 24.8. The summed E-state index contributed by atoms with van der Waals surface area (Å²) in [6.07, 6.45) is 0. The van der Waals surface area contributed by atoms with Gasteiger partial charge in [-0.1, -0.05) is 29.8 Å². The average Bonchev–Trinajstić information content (AvgIpc) is 2.82. The Hall–Kier alpha value is -3.84. The van der Waals surface area contributed by atoms with Gasteiger partial charge in [0.2, 0.25) is 0 Å². The second-order valence-corrected chi connectivity index (χ2v) is 8.06. The summed E-state index contributed by atoms with van der Waals surface area (Å²) in [6.45, 7) is 5.25.